The van der Waals surface area contributed by atoms with Gasteiger partial charge in [-0.3, -0.25) is 9.50 Å². The summed E-state index contributed by atoms with van der Waals surface area (Å²) in [5.41, 5.74) is 0.642. The zero-order chi connectivity index (χ0) is 24.7. The number of carbonyl (C=O) groups excluding carboxylic acids is 1. The van der Waals surface area contributed by atoms with E-state index in [0.29, 0.717) is 24.2 Å². The second-order valence-electron chi connectivity index (χ2n) is 9.29. The smallest absolute Gasteiger partial charge is 0.407 e. The van der Waals surface area contributed by atoms with Gasteiger partial charge >= 0.3 is 6.09 Å². The Bertz CT molecular complexity index is 1230. The van der Waals surface area contributed by atoms with Gasteiger partial charge < -0.3 is 20.1 Å². The number of imidazole rings is 1. The number of nitrogens with zero attached hydrogens (tertiary/aromatic N) is 4. The van der Waals surface area contributed by atoms with E-state index in [4.69, 9.17) is 9.47 Å². The van der Waals surface area contributed by atoms with E-state index >= 15 is 4.39 Å². The van der Waals surface area contributed by atoms with Gasteiger partial charge in [0.15, 0.2) is 5.82 Å². The van der Waals surface area contributed by atoms with Gasteiger partial charge in [0.05, 0.1) is 12.3 Å². The number of nitrogens with one attached hydrogen (secondary N) is 3. The number of methoxy groups -OCH3 is 1. The van der Waals surface area contributed by atoms with Gasteiger partial charge in [-0.2, -0.15) is 5.10 Å². The van der Waals surface area contributed by atoms with Crippen molar-refractivity contribution in [1.82, 2.24) is 29.9 Å². The van der Waals surface area contributed by atoms with Crippen molar-refractivity contribution in [3.63, 3.8) is 0 Å². The number of alkyl carbamates (subject to hydrolysis) is 1. The number of amides is 1. The van der Waals surface area contributed by atoms with E-state index in [0.717, 1.165) is 12.8 Å². The first-order valence-corrected chi connectivity index (χ1v) is 11.4. The highest BCUT2D eigenvalue weighted by molar-refractivity contribution is 5.69. The fourth-order valence-corrected chi connectivity index (χ4v) is 4.28. The lowest BCUT2D eigenvalue weighted by atomic mass is 10.0. The van der Waals surface area contributed by atoms with E-state index in [1.165, 1.54) is 17.6 Å². The predicted octanol–water partition coefficient (Wildman–Crippen LogP) is 4.14. The summed E-state index contributed by atoms with van der Waals surface area (Å²) in [6, 6.07) is 2.80. The van der Waals surface area contributed by atoms with E-state index in [9.17, 15) is 13.6 Å². The highest BCUT2D eigenvalue weighted by atomic mass is 19.3. The second kappa shape index (κ2) is 9.02. The summed E-state index contributed by atoms with van der Waals surface area (Å²) in [5.74, 6) is -0.187. The third kappa shape index (κ3) is 4.90. The Kier molecular flexibility index (Phi) is 6.03. The lowest BCUT2D eigenvalue weighted by Gasteiger charge is -2.19. The Balaban J connectivity index is 1.30. The van der Waals surface area contributed by atoms with Gasteiger partial charge in [0.25, 0.3) is 6.43 Å². The zero-order valence-electron chi connectivity index (χ0n) is 19.2. The molecule has 13 heteroatoms. The SMILES string of the molecule is COCc1cn2c(Nc3cc([C@@H]4CC[C@H](OC(=O)NC5(C)CC5)[C@@H]4F)[nH]n3)nc(C(F)F)cc2n1. The summed E-state index contributed by atoms with van der Waals surface area (Å²) in [5, 5.41) is 12.6. The first kappa shape index (κ1) is 23.4. The number of aromatic amines is 1. The van der Waals surface area contributed by atoms with Gasteiger partial charge in [0.1, 0.15) is 23.6 Å². The molecule has 2 aliphatic carbocycles. The van der Waals surface area contributed by atoms with Gasteiger partial charge in [0, 0.05) is 42.6 Å². The van der Waals surface area contributed by atoms with Crippen LogP contribution in [-0.4, -0.2) is 55.6 Å². The molecule has 10 nitrogen and oxygen atoms in total. The number of halogens is 3. The zero-order valence-corrected chi connectivity index (χ0v) is 19.2. The van der Waals surface area contributed by atoms with Crippen LogP contribution in [0.3, 0.4) is 0 Å². The maximum Gasteiger partial charge on any atom is 0.407 e. The van der Waals surface area contributed by atoms with Crippen LogP contribution < -0.4 is 10.6 Å². The molecule has 2 fully saturated rings. The molecule has 3 aromatic rings. The molecular formula is C22H26F3N7O3. The number of aromatic nitrogens is 5. The van der Waals surface area contributed by atoms with Crippen LogP contribution in [0.15, 0.2) is 18.3 Å². The molecule has 0 aliphatic heterocycles. The fourth-order valence-electron chi connectivity index (χ4n) is 4.28. The summed E-state index contributed by atoms with van der Waals surface area (Å²) >= 11 is 0. The van der Waals surface area contributed by atoms with Crippen LogP contribution in [0.5, 0.6) is 0 Å². The van der Waals surface area contributed by atoms with Gasteiger partial charge in [-0.1, -0.05) is 0 Å². The normalized spacial score (nSPS) is 23.1. The summed E-state index contributed by atoms with van der Waals surface area (Å²) in [7, 11) is 1.51. The van der Waals surface area contributed by atoms with Gasteiger partial charge in [-0.15, -0.1) is 0 Å². The van der Waals surface area contributed by atoms with Crippen LogP contribution in [0.25, 0.3) is 5.65 Å². The molecule has 0 saturated heterocycles. The minimum absolute atomic E-state index is 0.0837. The number of rotatable bonds is 8. The van der Waals surface area contributed by atoms with Gasteiger partial charge in [0.2, 0.25) is 5.95 Å². The first-order valence-electron chi connectivity index (χ1n) is 11.4. The van der Waals surface area contributed by atoms with E-state index < -0.39 is 36.4 Å². The van der Waals surface area contributed by atoms with Crippen molar-refractivity contribution in [2.24, 2.45) is 0 Å². The number of hydrogen-bond acceptors (Lipinski definition) is 7. The maximum atomic E-state index is 15.1. The minimum Gasteiger partial charge on any atom is -0.443 e. The molecule has 0 spiro atoms. The van der Waals surface area contributed by atoms with Crippen LogP contribution in [-0.2, 0) is 16.1 Å². The number of carbonyl (C=O) groups is 1. The average Bonchev–Trinajstić information content (AvgIpc) is 3.14. The van der Waals surface area contributed by atoms with E-state index in [-0.39, 0.29) is 29.6 Å². The monoisotopic (exact) mass is 493 g/mol. The molecular weight excluding hydrogens is 467 g/mol. The topological polar surface area (TPSA) is 118 Å². The number of anilines is 2. The molecule has 2 aliphatic rings. The van der Waals surface area contributed by atoms with Gasteiger partial charge in [-0.05, 0) is 32.6 Å². The average molecular weight is 493 g/mol. The van der Waals surface area contributed by atoms with E-state index in [2.05, 4.69) is 30.8 Å². The third-order valence-corrected chi connectivity index (χ3v) is 6.44. The molecule has 0 unspecified atom stereocenters. The summed E-state index contributed by atoms with van der Waals surface area (Å²) in [6.07, 6.45) is -1.42. The van der Waals surface area contributed by atoms with Crippen LogP contribution in [0.4, 0.5) is 29.7 Å². The first-order chi connectivity index (χ1) is 16.7. The van der Waals surface area contributed by atoms with Gasteiger partial charge in [-0.25, -0.2) is 27.9 Å². The van der Waals surface area contributed by atoms with Crippen molar-refractivity contribution in [2.75, 3.05) is 12.4 Å². The summed E-state index contributed by atoms with van der Waals surface area (Å²) in [6.45, 7) is 2.12. The number of alkyl halides is 3. The third-order valence-electron chi connectivity index (χ3n) is 6.44. The maximum absolute atomic E-state index is 15.1. The molecule has 3 atom stereocenters. The van der Waals surface area contributed by atoms with Crippen LogP contribution in [0.2, 0.25) is 0 Å². The Labute approximate surface area is 198 Å². The Morgan fingerprint density at radius 2 is 2.11 bits per heavy atom. The van der Waals surface area contributed by atoms with Crippen molar-refractivity contribution in [3.05, 3.63) is 35.4 Å². The van der Waals surface area contributed by atoms with Crippen molar-refractivity contribution < 1.29 is 27.4 Å². The fraction of sp³-hybridized carbons (Fsp3) is 0.545. The second-order valence-corrected chi connectivity index (χ2v) is 9.29. The molecule has 2 saturated carbocycles. The number of fused-ring (bicyclic) bond motifs is 1. The molecule has 1 amide bonds. The van der Waals surface area contributed by atoms with Crippen molar-refractivity contribution in [2.45, 2.75) is 69.4 Å². The van der Waals surface area contributed by atoms with Crippen molar-refractivity contribution in [3.8, 4) is 0 Å². The molecule has 0 aromatic carbocycles. The summed E-state index contributed by atoms with van der Waals surface area (Å²) in [4.78, 5) is 20.4. The minimum atomic E-state index is -2.79. The molecule has 0 radical (unpaired) electrons. The highest BCUT2D eigenvalue weighted by Gasteiger charge is 2.43. The van der Waals surface area contributed by atoms with Crippen molar-refractivity contribution in [1.29, 1.82) is 0 Å². The summed E-state index contributed by atoms with van der Waals surface area (Å²) < 4.78 is 53.8. The number of H-pyrrole nitrogens is 1. The molecule has 3 N–H and O–H groups in total. The quantitative estimate of drug-likeness (QED) is 0.432. The molecule has 35 heavy (non-hydrogen) atoms. The van der Waals surface area contributed by atoms with Crippen LogP contribution in [0.1, 0.15) is 62.0 Å². The lowest BCUT2D eigenvalue weighted by molar-refractivity contribution is 0.0546. The Morgan fingerprint density at radius 3 is 2.83 bits per heavy atom. The Hall–Kier alpha value is -3.35. The molecule has 3 aromatic heterocycles. The standard InChI is InChI=1S/C22H26F3N7O3/c1-22(5-6-22)29-21(33)35-15-4-3-12(18(15)23)13-7-16(31-30-13)28-20-27-14(19(24)25)8-17-26-11(10-34-2)9-32(17)20/h7-9,12,15,18-19H,3-6,10H2,1-2H3,(H,29,33)(H2,27,28,30,31)/t12-,15-,18+/m0/s1. The van der Waals surface area contributed by atoms with Crippen molar-refractivity contribution >= 4 is 23.5 Å². The van der Waals surface area contributed by atoms with E-state index in [1.807, 2.05) is 6.92 Å². The van der Waals surface area contributed by atoms with Crippen LogP contribution >= 0.6 is 0 Å². The highest BCUT2D eigenvalue weighted by Crippen LogP contribution is 2.39. The predicted molar refractivity (Wildman–Crippen MR) is 118 cm³/mol. The van der Waals surface area contributed by atoms with Crippen LogP contribution in [0, 0.1) is 0 Å². The Morgan fingerprint density at radius 1 is 1.31 bits per heavy atom. The lowest BCUT2D eigenvalue weighted by Crippen LogP contribution is -2.38. The van der Waals surface area contributed by atoms with E-state index in [1.54, 1.807) is 12.3 Å². The molecule has 3 heterocycles. The largest absolute Gasteiger partial charge is 0.443 e. The number of hydrogen-bond donors (Lipinski definition) is 3. The molecule has 188 valence electrons. The molecule has 5 rings (SSSR count). The number of ether oxygens (including phenoxy) is 2. The molecule has 0 bridgehead atoms.